The molecule has 0 saturated carbocycles. The molecule has 0 aromatic heterocycles. The van der Waals surface area contributed by atoms with E-state index in [-0.39, 0.29) is 0 Å². The van der Waals surface area contributed by atoms with E-state index in [1.807, 2.05) is 19.6 Å². The van der Waals surface area contributed by atoms with Crippen LogP contribution in [0.4, 0.5) is 17.6 Å². The maximum atomic E-state index is 13.6. The molecule has 0 radical (unpaired) electrons. The molecule has 0 saturated heterocycles. The summed E-state index contributed by atoms with van der Waals surface area (Å²) in [6, 6.07) is 0. The van der Waals surface area contributed by atoms with Gasteiger partial charge in [0.1, 0.15) is 8.07 Å². The predicted molar refractivity (Wildman–Crippen MR) is 67.0 cm³/mol. The smallest absolute Gasteiger partial charge is 0.167 e. The Bertz CT molecular complexity index is 523. The van der Waals surface area contributed by atoms with Crippen molar-refractivity contribution in [2.24, 2.45) is 0 Å². The molecule has 0 atom stereocenters. The van der Waals surface area contributed by atoms with Crippen molar-refractivity contribution in [3.63, 3.8) is 0 Å². The Morgan fingerprint density at radius 3 is 1.68 bits per heavy atom. The Labute approximate surface area is 110 Å². The molecule has 0 aliphatic carbocycles. The molecule has 104 valence electrons. The van der Waals surface area contributed by atoms with Gasteiger partial charge in [-0.1, -0.05) is 19.6 Å². The molecule has 1 rings (SSSR count). The second-order valence-electron chi connectivity index (χ2n) is 5.10. The maximum absolute atomic E-state index is 13.6. The fourth-order valence-corrected chi connectivity index (χ4v) is 2.03. The van der Waals surface area contributed by atoms with Crippen LogP contribution in [0.2, 0.25) is 19.6 Å². The van der Waals surface area contributed by atoms with Gasteiger partial charge in [-0.25, -0.2) is 17.6 Å². The zero-order valence-corrected chi connectivity index (χ0v) is 11.9. The summed E-state index contributed by atoms with van der Waals surface area (Å²) in [5.74, 6) is -3.56. The summed E-state index contributed by atoms with van der Waals surface area (Å²) >= 11 is 0. The van der Waals surface area contributed by atoms with Crippen LogP contribution in [0.3, 0.4) is 0 Å². The van der Waals surface area contributed by atoms with E-state index >= 15 is 0 Å². The second-order valence-corrected chi connectivity index (χ2v) is 9.85. The van der Waals surface area contributed by atoms with Crippen molar-refractivity contribution < 1.29 is 22.7 Å². The molecule has 0 spiro atoms. The minimum atomic E-state index is -1.72. The molecule has 0 aliphatic rings. The minimum Gasteiger partial charge on any atom is -0.391 e. The number of benzene rings is 1. The molecule has 1 N–H and O–H groups in total. The quantitative estimate of drug-likeness (QED) is 0.384. The third kappa shape index (κ3) is 3.58. The summed E-state index contributed by atoms with van der Waals surface area (Å²) in [6.07, 6.45) is -0.401. The van der Waals surface area contributed by atoms with Crippen LogP contribution in [0.15, 0.2) is 0 Å². The Hall–Kier alpha value is -1.32. The van der Waals surface area contributed by atoms with Crippen molar-refractivity contribution in [1.29, 1.82) is 0 Å². The number of hydrogen-bond donors (Lipinski definition) is 1. The van der Waals surface area contributed by atoms with E-state index in [9.17, 15) is 17.6 Å². The zero-order chi connectivity index (χ0) is 14.8. The highest BCUT2D eigenvalue weighted by Crippen LogP contribution is 2.24. The van der Waals surface area contributed by atoms with Gasteiger partial charge in [0, 0.05) is 12.0 Å². The highest BCUT2D eigenvalue weighted by Gasteiger charge is 2.24. The van der Waals surface area contributed by atoms with Gasteiger partial charge in [0.05, 0.1) is 12.2 Å². The number of aliphatic hydroxyl groups is 1. The van der Waals surface area contributed by atoms with E-state index in [4.69, 9.17) is 5.11 Å². The van der Waals surface area contributed by atoms with Crippen LogP contribution in [0, 0.1) is 34.7 Å². The standard InChI is InChI=1S/C13H14F4OSi/c1-19(2,3)6-4-5-8-10(14)12(16)9(7-18)13(17)11(8)15/h18H,5,7H2,1-3H3. The minimum absolute atomic E-state index is 0.401. The fraction of sp³-hybridized carbons (Fsp3) is 0.385. The lowest BCUT2D eigenvalue weighted by Crippen LogP contribution is -2.16. The lowest BCUT2D eigenvalue weighted by molar-refractivity contribution is 0.262. The first-order chi connectivity index (χ1) is 8.69. The van der Waals surface area contributed by atoms with Crippen LogP contribution in [0.1, 0.15) is 11.1 Å². The SMILES string of the molecule is C[Si](C)(C)C#CCc1c(F)c(F)c(CO)c(F)c1F. The number of aliphatic hydroxyl groups excluding tert-OH is 1. The van der Waals surface area contributed by atoms with Crippen molar-refractivity contribution in [2.45, 2.75) is 32.7 Å². The van der Waals surface area contributed by atoms with Gasteiger partial charge in [-0.05, 0) is 0 Å². The van der Waals surface area contributed by atoms with Gasteiger partial charge in [-0.2, -0.15) is 0 Å². The summed E-state index contributed by atoms with van der Waals surface area (Å²) in [4.78, 5) is 0. The van der Waals surface area contributed by atoms with Crippen LogP contribution in [-0.2, 0) is 13.0 Å². The van der Waals surface area contributed by atoms with E-state index in [0.29, 0.717) is 0 Å². The molecular weight excluding hydrogens is 276 g/mol. The molecule has 1 aromatic carbocycles. The highest BCUT2D eigenvalue weighted by atomic mass is 28.3. The third-order valence-corrected chi connectivity index (χ3v) is 3.26. The Morgan fingerprint density at radius 2 is 1.32 bits per heavy atom. The van der Waals surface area contributed by atoms with Crippen LogP contribution >= 0.6 is 0 Å². The molecule has 0 aliphatic heterocycles. The van der Waals surface area contributed by atoms with Gasteiger partial charge in [-0.3, -0.25) is 0 Å². The van der Waals surface area contributed by atoms with Crippen molar-refractivity contribution in [1.82, 2.24) is 0 Å². The van der Waals surface area contributed by atoms with E-state index < -0.39 is 55.5 Å². The van der Waals surface area contributed by atoms with Crippen LogP contribution in [-0.4, -0.2) is 13.2 Å². The average Bonchev–Trinajstić information content (AvgIpc) is 2.30. The largest absolute Gasteiger partial charge is 0.391 e. The third-order valence-electron chi connectivity index (χ3n) is 2.33. The Balaban J connectivity index is 3.26. The average molecular weight is 290 g/mol. The first kappa shape index (κ1) is 15.7. The first-order valence-corrected chi connectivity index (χ1v) is 9.13. The summed E-state index contributed by atoms with van der Waals surface area (Å²) in [6.45, 7) is 4.70. The lowest BCUT2D eigenvalue weighted by Gasteiger charge is -2.09. The van der Waals surface area contributed by atoms with E-state index in [2.05, 4.69) is 11.5 Å². The summed E-state index contributed by atoms with van der Waals surface area (Å²) in [5.41, 5.74) is 1.11. The second kappa shape index (κ2) is 5.76. The van der Waals surface area contributed by atoms with E-state index in [1.54, 1.807) is 0 Å². The van der Waals surface area contributed by atoms with Gasteiger partial charge in [0.15, 0.2) is 23.3 Å². The number of halogens is 4. The zero-order valence-electron chi connectivity index (χ0n) is 10.9. The fourth-order valence-electron chi connectivity index (χ4n) is 1.41. The van der Waals surface area contributed by atoms with E-state index in [1.165, 1.54) is 0 Å². The Morgan fingerprint density at radius 1 is 0.895 bits per heavy atom. The van der Waals surface area contributed by atoms with Crippen molar-refractivity contribution >= 4 is 8.07 Å². The molecule has 0 unspecified atom stereocenters. The van der Waals surface area contributed by atoms with Crippen molar-refractivity contribution in [2.75, 3.05) is 0 Å². The van der Waals surface area contributed by atoms with Gasteiger partial charge in [0.25, 0.3) is 0 Å². The van der Waals surface area contributed by atoms with Gasteiger partial charge in [0.2, 0.25) is 0 Å². The molecule has 0 fully saturated rings. The number of rotatable bonds is 2. The van der Waals surface area contributed by atoms with Crippen LogP contribution in [0.25, 0.3) is 0 Å². The van der Waals surface area contributed by atoms with Crippen LogP contribution in [0.5, 0.6) is 0 Å². The molecule has 0 heterocycles. The molecule has 1 aromatic rings. The normalized spacial score (nSPS) is 11.2. The van der Waals surface area contributed by atoms with Crippen molar-refractivity contribution in [3.05, 3.63) is 34.4 Å². The summed E-state index contributed by atoms with van der Waals surface area (Å²) in [5, 5.41) is 8.69. The molecule has 1 nitrogen and oxygen atoms in total. The van der Waals surface area contributed by atoms with Gasteiger partial charge >= 0.3 is 0 Å². The first-order valence-electron chi connectivity index (χ1n) is 5.63. The van der Waals surface area contributed by atoms with Gasteiger partial charge in [-0.15, -0.1) is 11.5 Å². The lowest BCUT2D eigenvalue weighted by atomic mass is 10.1. The monoisotopic (exact) mass is 290 g/mol. The van der Waals surface area contributed by atoms with Crippen molar-refractivity contribution in [3.8, 4) is 11.5 Å². The maximum Gasteiger partial charge on any atom is 0.167 e. The topological polar surface area (TPSA) is 20.2 Å². The number of hydrogen-bond acceptors (Lipinski definition) is 1. The molecule has 0 bridgehead atoms. The van der Waals surface area contributed by atoms with Crippen LogP contribution < -0.4 is 0 Å². The summed E-state index contributed by atoms with van der Waals surface area (Å²) < 4.78 is 53.9. The van der Waals surface area contributed by atoms with E-state index in [0.717, 1.165) is 0 Å². The highest BCUT2D eigenvalue weighted by molar-refractivity contribution is 6.83. The molecule has 19 heavy (non-hydrogen) atoms. The molecule has 0 amide bonds. The Kier molecular flexibility index (Phi) is 4.77. The predicted octanol–water partition coefficient (Wildman–Crippen LogP) is 3.16. The summed E-state index contributed by atoms with van der Waals surface area (Å²) in [7, 11) is -1.72. The molecule has 6 heteroatoms. The molecular formula is C13H14F4OSi. The van der Waals surface area contributed by atoms with Gasteiger partial charge < -0.3 is 5.11 Å².